The summed E-state index contributed by atoms with van der Waals surface area (Å²) < 4.78 is 7.27. The average Bonchev–Trinajstić information content (AvgIpc) is 2.87. The molecule has 0 atom stereocenters. The van der Waals surface area contributed by atoms with Crippen LogP contribution in [0, 0.1) is 17.0 Å². The second-order valence-corrected chi connectivity index (χ2v) is 6.26. The first kappa shape index (κ1) is 17.8. The van der Waals surface area contributed by atoms with E-state index >= 15 is 0 Å². The highest BCUT2D eigenvalue weighted by molar-refractivity contribution is 5.67. The average molecular weight is 360 g/mol. The first-order valence-electron chi connectivity index (χ1n) is 8.62. The second-order valence-electron chi connectivity index (χ2n) is 6.26. The van der Waals surface area contributed by atoms with Crippen molar-refractivity contribution in [1.82, 2.24) is 9.78 Å². The summed E-state index contributed by atoms with van der Waals surface area (Å²) in [4.78, 5) is 15.1. The van der Waals surface area contributed by atoms with Crippen molar-refractivity contribution < 1.29 is 9.66 Å². The fourth-order valence-corrected chi connectivity index (χ4v) is 3.34. The van der Waals surface area contributed by atoms with Gasteiger partial charge < -0.3 is 20.3 Å². The molecule has 0 radical (unpaired) electrons. The molecule has 2 aromatic rings. The van der Waals surface area contributed by atoms with Gasteiger partial charge in [0.15, 0.2) is 11.6 Å². The molecule has 1 saturated heterocycles. The normalized spacial score (nSPS) is 14.6. The van der Waals surface area contributed by atoms with Gasteiger partial charge in [0.1, 0.15) is 0 Å². The van der Waals surface area contributed by atoms with Crippen molar-refractivity contribution >= 4 is 22.9 Å². The van der Waals surface area contributed by atoms with Crippen LogP contribution in [-0.2, 0) is 7.05 Å². The summed E-state index contributed by atoms with van der Waals surface area (Å²) in [5, 5.41) is 15.5. The monoisotopic (exact) mass is 360 g/mol. The third-order valence-corrected chi connectivity index (χ3v) is 4.62. The molecule has 0 amide bonds. The van der Waals surface area contributed by atoms with Gasteiger partial charge >= 0.3 is 5.69 Å². The maximum absolute atomic E-state index is 11.1. The van der Waals surface area contributed by atoms with E-state index in [1.807, 2.05) is 25.6 Å². The Kier molecular flexibility index (Phi) is 4.88. The molecule has 0 spiro atoms. The number of rotatable bonds is 5. The molecule has 0 bridgehead atoms. The number of hydrogen-bond acceptors (Lipinski definition) is 7. The molecule has 9 heteroatoms. The Morgan fingerprint density at radius 2 is 1.92 bits per heavy atom. The van der Waals surface area contributed by atoms with Gasteiger partial charge in [0, 0.05) is 51.0 Å². The maximum Gasteiger partial charge on any atom is 0.311 e. The quantitative estimate of drug-likeness (QED) is 0.642. The van der Waals surface area contributed by atoms with Crippen LogP contribution in [0.25, 0.3) is 0 Å². The molecule has 1 aliphatic heterocycles. The number of aryl methyl sites for hydroxylation is 2. The lowest BCUT2D eigenvalue weighted by molar-refractivity contribution is -0.385. The van der Waals surface area contributed by atoms with Crippen molar-refractivity contribution in [2.24, 2.45) is 7.05 Å². The molecule has 1 fully saturated rings. The first-order valence-corrected chi connectivity index (χ1v) is 8.62. The number of nitrogens with zero attached hydrogens (tertiary/aromatic N) is 5. The highest BCUT2D eigenvalue weighted by Gasteiger charge is 2.24. The van der Waals surface area contributed by atoms with Crippen LogP contribution in [0.4, 0.5) is 22.9 Å². The van der Waals surface area contributed by atoms with E-state index in [1.165, 1.54) is 6.07 Å². The number of nitrogens with two attached hydrogens (primary N) is 1. The number of hydrogen-bond donors (Lipinski definition) is 1. The second kappa shape index (κ2) is 7.11. The molecule has 1 aromatic carbocycles. The highest BCUT2D eigenvalue weighted by Crippen LogP contribution is 2.33. The van der Waals surface area contributed by atoms with Gasteiger partial charge in [-0.1, -0.05) is 0 Å². The highest BCUT2D eigenvalue weighted by atomic mass is 16.6. The number of nitro benzene ring substituents is 1. The minimum absolute atomic E-state index is 0.00707. The Morgan fingerprint density at radius 3 is 2.46 bits per heavy atom. The molecule has 26 heavy (non-hydrogen) atoms. The molecular formula is C17H24N6O3. The zero-order valence-electron chi connectivity index (χ0n) is 15.3. The van der Waals surface area contributed by atoms with Crippen molar-refractivity contribution in [2.75, 3.05) is 48.3 Å². The Morgan fingerprint density at radius 1 is 1.27 bits per heavy atom. The molecule has 9 nitrogen and oxygen atoms in total. The van der Waals surface area contributed by atoms with Gasteiger partial charge in [-0.05, 0) is 19.9 Å². The van der Waals surface area contributed by atoms with E-state index in [-0.39, 0.29) is 5.69 Å². The first-order chi connectivity index (χ1) is 12.4. The van der Waals surface area contributed by atoms with Crippen molar-refractivity contribution in [3.05, 3.63) is 34.0 Å². The fourth-order valence-electron chi connectivity index (χ4n) is 3.34. The van der Waals surface area contributed by atoms with Gasteiger partial charge in [-0.3, -0.25) is 14.8 Å². The molecule has 140 valence electrons. The molecule has 2 N–H and O–H groups in total. The summed E-state index contributed by atoms with van der Waals surface area (Å²) in [6, 6.07) is 5.04. The van der Waals surface area contributed by atoms with Crippen LogP contribution < -0.4 is 20.3 Å². The summed E-state index contributed by atoms with van der Waals surface area (Å²) >= 11 is 0. The predicted octanol–water partition coefficient (Wildman–Crippen LogP) is 1.94. The van der Waals surface area contributed by atoms with Crippen LogP contribution in [0.3, 0.4) is 0 Å². The lowest BCUT2D eigenvalue weighted by Gasteiger charge is -2.37. The number of aromatic nitrogens is 2. The number of ether oxygens (including phenoxy) is 1. The van der Waals surface area contributed by atoms with Crippen LogP contribution in [-0.4, -0.2) is 47.5 Å². The summed E-state index contributed by atoms with van der Waals surface area (Å²) in [6.45, 7) is 7.27. The zero-order chi connectivity index (χ0) is 18.8. The Balaban J connectivity index is 1.75. The molecule has 3 rings (SSSR count). The zero-order valence-corrected chi connectivity index (χ0v) is 15.3. The third kappa shape index (κ3) is 3.24. The largest absolute Gasteiger partial charge is 0.487 e. The molecule has 0 unspecified atom stereocenters. The van der Waals surface area contributed by atoms with Crippen LogP contribution in [0.2, 0.25) is 0 Å². The number of benzene rings is 1. The SMILES string of the molecule is CCOc1cc(N2CCN(c3c(N)c(C)nn3C)CC2)ccc1[N+](=O)[O-]. The predicted molar refractivity (Wildman–Crippen MR) is 101 cm³/mol. The fraction of sp³-hybridized carbons (Fsp3) is 0.471. The standard InChI is InChI=1S/C17H24N6O3/c1-4-26-15-11-13(5-6-14(15)23(24)25)21-7-9-22(10-8-21)17-16(18)12(2)19-20(17)3/h5-6,11H,4,7-10,18H2,1-3H3. The van der Waals surface area contributed by atoms with E-state index in [1.54, 1.807) is 12.1 Å². The molecule has 0 aliphatic carbocycles. The Hall–Kier alpha value is -2.97. The maximum atomic E-state index is 11.1. The van der Waals surface area contributed by atoms with Crippen LogP contribution in [0.15, 0.2) is 18.2 Å². The lowest BCUT2D eigenvalue weighted by Crippen LogP contribution is -2.47. The van der Waals surface area contributed by atoms with Crippen molar-refractivity contribution in [2.45, 2.75) is 13.8 Å². The number of nitrogen functional groups attached to an aromatic ring is 1. The third-order valence-electron chi connectivity index (χ3n) is 4.62. The van der Waals surface area contributed by atoms with Gasteiger partial charge in [-0.15, -0.1) is 0 Å². The van der Waals surface area contributed by atoms with Crippen LogP contribution >= 0.6 is 0 Å². The van der Waals surface area contributed by atoms with Crippen molar-refractivity contribution in [3.8, 4) is 5.75 Å². The van der Waals surface area contributed by atoms with Gasteiger partial charge in [0.25, 0.3) is 0 Å². The molecule has 0 saturated carbocycles. The molecule has 1 aliphatic rings. The van der Waals surface area contributed by atoms with E-state index in [0.29, 0.717) is 12.4 Å². The molecular weight excluding hydrogens is 336 g/mol. The van der Waals surface area contributed by atoms with E-state index < -0.39 is 4.92 Å². The van der Waals surface area contributed by atoms with E-state index in [2.05, 4.69) is 14.9 Å². The van der Waals surface area contributed by atoms with E-state index in [9.17, 15) is 10.1 Å². The minimum Gasteiger partial charge on any atom is -0.487 e. The summed E-state index contributed by atoms with van der Waals surface area (Å²) in [6.07, 6.45) is 0. The number of nitro groups is 1. The Labute approximate surface area is 152 Å². The van der Waals surface area contributed by atoms with Crippen molar-refractivity contribution in [3.63, 3.8) is 0 Å². The molecule has 2 heterocycles. The van der Waals surface area contributed by atoms with Crippen molar-refractivity contribution in [1.29, 1.82) is 0 Å². The van der Waals surface area contributed by atoms with E-state index in [0.717, 1.165) is 49.1 Å². The number of anilines is 3. The summed E-state index contributed by atoms with van der Waals surface area (Å²) in [5.41, 5.74) is 8.63. The molecule has 1 aromatic heterocycles. The topological polar surface area (TPSA) is 103 Å². The smallest absolute Gasteiger partial charge is 0.311 e. The van der Waals surface area contributed by atoms with Gasteiger partial charge in [0.2, 0.25) is 0 Å². The van der Waals surface area contributed by atoms with Gasteiger partial charge in [0.05, 0.1) is 22.9 Å². The summed E-state index contributed by atoms with van der Waals surface area (Å²) in [7, 11) is 1.90. The van der Waals surface area contributed by atoms with E-state index in [4.69, 9.17) is 10.5 Å². The van der Waals surface area contributed by atoms with Crippen LogP contribution in [0.5, 0.6) is 5.75 Å². The lowest BCUT2D eigenvalue weighted by atomic mass is 10.2. The Bertz CT molecular complexity index is 811. The minimum atomic E-state index is -0.416. The van der Waals surface area contributed by atoms with Gasteiger partial charge in [-0.25, -0.2) is 0 Å². The van der Waals surface area contributed by atoms with Crippen LogP contribution in [0.1, 0.15) is 12.6 Å². The number of piperazine rings is 1. The summed E-state index contributed by atoms with van der Waals surface area (Å²) in [5.74, 6) is 1.25. The van der Waals surface area contributed by atoms with Gasteiger partial charge in [-0.2, -0.15) is 5.10 Å².